The van der Waals surface area contributed by atoms with E-state index in [1.807, 2.05) is 41.4 Å². The minimum atomic E-state index is -0.247. The standard InChI is InChI=1S/C22H26N6O3/c1-2-31-20(30)10-6-9-19(29)26-11-13-27(14-12-26)21-18(17-7-4-3-5-8-17)15-23-22-24-16-25-28(21)22/h3-5,7-8,15-16H,2,6,9-14H2,1H3. The molecule has 1 aliphatic rings. The maximum atomic E-state index is 12.6. The second-order valence-corrected chi connectivity index (χ2v) is 7.36. The van der Waals surface area contributed by atoms with Gasteiger partial charge >= 0.3 is 5.97 Å². The largest absolute Gasteiger partial charge is 0.466 e. The van der Waals surface area contributed by atoms with Crippen LogP contribution in [0, 0.1) is 0 Å². The third-order valence-electron chi connectivity index (χ3n) is 5.37. The Bertz CT molecular complexity index is 1040. The predicted molar refractivity (Wildman–Crippen MR) is 115 cm³/mol. The van der Waals surface area contributed by atoms with Crippen molar-refractivity contribution in [1.82, 2.24) is 24.5 Å². The van der Waals surface area contributed by atoms with Gasteiger partial charge in [0.1, 0.15) is 12.1 Å². The van der Waals surface area contributed by atoms with Gasteiger partial charge in [0, 0.05) is 50.8 Å². The Hall–Kier alpha value is -3.49. The Kier molecular flexibility index (Phi) is 6.40. The zero-order chi connectivity index (χ0) is 21.6. The highest BCUT2D eigenvalue weighted by atomic mass is 16.5. The molecule has 0 unspecified atom stereocenters. The van der Waals surface area contributed by atoms with Crippen molar-refractivity contribution in [2.45, 2.75) is 26.2 Å². The summed E-state index contributed by atoms with van der Waals surface area (Å²) in [6.07, 6.45) is 4.49. The molecular weight excluding hydrogens is 396 g/mol. The smallest absolute Gasteiger partial charge is 0.305 e. The molecule has 1 amide bonds. The van der Waals surface area contributed by atoms with Crippen LogP contribution in [0.4, 0.5) is 5.82 Å². The summed E-state index contributed by atoms with van der Waals surface area (Å²) < 4.78 is 6.68. The maximum Gasteiger partial charge on any atom is 0.305 e. The van der Waals surface area contributed by atoms with Crippen LogP contribution in [0.1, 0.15) is 26.2 Å². The summed E-state index contributed by atoms with van der Waals surface area (Å²) in [4.78, 5) is 36.8. The molecule has 3 heterocycles. The van der Waals surface area contributed by atoms with E-state index < -0.39 is 0 Å². The highest BCUT2D eigenvalue weighted by Gasteiger charge is 2.25. The third-order valence-corrected chi connectivity index (χ3v) is 5.37. The number of benzene rings is 1. The van der Waals surface area contributed by atoms with Crippen LogP contribution in [0.5, 0.6) is 0 Å². The van der Waals surface area contributed by atoms with E-state index in [-0.39, 0.29) is 18.3 Å². The van der Waals surface area contributed by atoms with E-state index in [4.69, 9.17) is 4.74 Å². The van der Waals surface area contributed by atoms with Crippen molar-refractivity contribution in [3.8, 4) is 11.1 Å². The maximum absolute atomic E-state index is 12.6. The van der Waals surface area contributed by atoms with Crippen LogP contribution in [-0.4, -0.2) is 69.1 Å². The first-order valence-corrected chi connectivity index (χ1v) is 10.6. The van der Waals surface area contributed by atoms with Gasteiger partial charge in [0.25, 0.3) is 5.78 Å². The number of hydrogen-bond donors (Lipinski definition) is 0. The van der Waals surface area contributed by atoms with E-state index in [9.17, 15) is 9.59 Å². The summed E-state index contributed by atoms with van der Waals surface area (Å²) in [6.45, 7) is 4.75. The summed E-state index contributed by atoms with van der Waals surface area (Å²) in [5, 5.41) is 4.38. The summed E-state index contributed by atoms with van der Waals surface area (Å²) in [7, 11) is 0. The number of carbonyl (C=O) groups excluding carboxylic acids is 2. The molecule has 0 atom stereocenters. The van der Waals surface area contributed by atoms with Crippen molar-refractivity contribution in [2.24, 2.45) is 0 Å². The lowest BCUT2D eigenvalue weighted by Crippen LogP contribution is -2.49. The van der Waals surface area contributed by atoms with Gasteiger partial charge in [-0.05, 0) is 18.9 Å². The zero-order valence-corrected chi connectivity index (χ0v) is 17.6. The molecule has 4 rings (SSSR count). The number of amides is 1. The SMILES string of the molecule is CCOC(=O)CCCC(=O)N1CCN(c2c(-c3ccccc3)cnc3ncnn23)CC1. The molecule has 31 heavy (non-hydrogen) atoms. The van der Waals surface area contributed by atoms with Crippen molar-refractivity contribution >= 4 is 23.5 Å². The second kappa shape index (κ2) is 9.55. The van der Waals surface area contributed by atoms with Crippen molar-refractivity contribution in [3.05, 3.63) is 42.9 Å². The lowest BCUT2D eigenvalue weighted by atomic mass is 10.1. The molecule has 2 aromatic heterocycles. The van der Waals surface area contributed by atoms with Gasteiger partial charge in [-0.3, -0.25) is 9.59 Å². The number of aromatic nitrogens is 4. The lowest BCUT2D eigenvalue weighted by molar-refractivity contribution is -0.143. The van der Waals surface area contributed by atoms with Gasteiger partial charge in [0.15, 0.2) is 0 Å². The van der Waals surface area contributed by atoms with E-state index in [1.165, 1.54) is 6.33 Å². The van der Waals surface area contributed by atoms with Gasteiger partial charge in [-0.15, -0.1) is 0 Å². The number of carbonyl (C=O) groups is 2. The fourth-order valence-corrected chi connectivity index (χ4v) is 3.84. The summed E-state index contributed by atoms with van der Waals surface area (Å²) in [6, 6.07) is 10.1. The topological polar surface area (TPSA) is 92.9 Å². The van der Waals surface area contributed by atoms with Crippen molar-refractivity contribution in [3.63, 3.8) is 0 Å². The highest BCUT2D eigenvalue weighted by molar-refractivity contribution is 5.79. The van der Waals surface area contributed by atoms with Crippen LogP contribution in [0.15, 0.2) is 42.9 Å². The minimum Gasteiger partial charge on any atom is -0.466 e. The van der Waals surface area contributed by atoms with E-state index in [2.05, 4.69) is 20.0 Å². The quantitative estimate of drug-likeness (QED) is 0.539. The van der Waals surface area contributed by atoms with Crippen LogP contribution in [0.25, 0.3) is 16.9 Å². The van der Waals surface area contributed by atoms with Gasteiger partial charge < -0.3 is 14.5 Å². The molecule has 0 N–H and O–H groups in total. The predicted octanol–water partition coefficient (Wildman–Crippen LogP) is 2.17. The Morgan fingerprint density at radius 3 is 2.55 bits per heavy atom. The number of nitrogens with zero attached hydrogens (tertiary/aromatic N) is 6. The molecule has 0 bridgehead atoms. The zero-order valence-electron chi connectivity index (χ0n) is 17.6. The Morgan fingerprint density at radius 1 is 1.03 bits per heavy atom. The number of piperazine rings is 1. The molecule has 162 valence electrons. The van der Waals surface area contributed by atoms with Gasteiger partial charge in [0.05, 0.1) is 6.61 Å². The average Bonchev–Trinajstić information content (AvgIpc) is 3.28. The monoisotopic (exact) mass is 422 g/mol. The van der Waals surface area contributed by atoms with Gasteiger partial charge in [-0.2, -0.15) is 14.6 Å². The summed E-state index contributed by atoms with van der Waals surface area (Å²) >= 11 is 0. The molecule has 1 saturated heterocycles. The van der Waals surface area contributed by atoms with Crippen LogP contribution >= 0.6 is 0 Å². The fraction of sp³-hybridized carbons (Fsp3) is 0.409. The third kappa shape index (κ3) is 4.65. The van der Waals surface area contributed by atoms with Gasteiger partial charge in [0.2, 0.25) is 5.91 Å². The van der Waals surface area contributed by atoms with E-state index in [0.717, 1.165) is 16.9 Å². The van der Waals surface area contributed by atoms with Crippen molar-refractivity contribution < 1.29 is 14.3 Å². The summed E-state index contributed by atoms with van der Waals surface area (Å²) in [5.41, 5.74) is 2.03. The molecule has 0 saturated carbocycles. The van der Waals surface area contributed by atoms with E-state index >= 15 is 0 Å². The molecule has 1 aliphatic heterocycles. The van der Waals surface area contributed by atoms with Crippen LogP contribution in [0.2, 0.25) is 0 Å². The lowest BCUT2D eigenvalue weighted by Gasteiger charge is -2.36. The van der Waals surface area contributed by atoms with Crippen LogP contribution in [0.3, 0.4) is 0 Å². The molecular formula is C22H26N6O3. The number of ether oxygens (including phenoxy) is 1. The molecule has 0 radical (unpaired) electrons. The first-order valence-electron chi connectivity index (χ1n) is 10.6. The van der Waals surface area contributed by atoms with Crippen molar-refractivity contribution in [2.75, 3.05) is 37.7 Å². The molecule has 0 aliphatic carbocycles. The molecule has 9 nitrogen and oxygen atoms in total. The average molecular weight is 422 g/mol. The molecule has 1 aromatic carbocycles. The highest BCUT2D eigenvalue weighted by Crippen LogP contribution is 2.30. The normalized spacial score (nSPS) is 14.1. The minimum absolute atomic E-state index is 0.0767. The molecule has 3 aromatic rings. The Morgan fingerprint density at radius 2 is 1.81 bits per heavy atom. The van der Waals surface area contributed by atoms with E-state index in [1.54, 1.807) is 11.4 Å². The number of rotatable bonds is 7. The number of anilines is 1. The molecule has 1 fully saturated rings. The number of fused-ring (bicyclic) bond motifs is 1. The van der Waals surface area contributed by atoms with Crippen molar-refractivity contribution in [1.29, 1.82) is 0 Å². The molecule has 9 heteroatoms. The van der Waals surface area contributed by atoms with Crippen LogP contribution < -0.4 is 4.90 Å². The molecule has 0 spiro atoms. The first kappa shape index (κ1) is 20.8. The second-order valence-electron chi connectivity index (χ2n) is 7.36. The Labute approximate surface area is 180 Å². The van der Waals surface area contributed by atoms with Gasteiger partial charge in [-0.1, -0.05) is 30.3 Å². The number of esters is 1. The van der Waals surface area contributed by atoms with Gasteiger partial charge in [-0.25, -0.2) is 4.98 Å². The summed E-state index contributed by atoms with van der Waals surface area (Å²) in [5.74, 6) is 1.31. The van der Waals surface area contributed by atoms with E-state index in [0.29, 0.717) is 51.4 Å². The van der Waals surface area contributed by atoms with Crippen LogP contribution in [-0.2, 0) is 14.3 Å². The number of hydrogen-bond acceptors (Lipinski definition) is 7. The first-order chi connectivity index (χ1) is 15.2. The Balaban J connectivity index is 1.45. The fourth-order valence-electron chi connectivity index (χ4n) is 3.84.